The molecule has 0 fully saturated rings. The van der Waals surface area contributed by atoms with Crippen molar-refractivity contribution in [3.8, 4) is 0 Å². The van der Waals surface area contributed by atoms with E-state index in [0.29, 0.717) is 5.02 Å². The maximum absolute atomic E-state index is 11.1. The molecule has 2 aromatic rings. The van der Waals surface area contributed by atoms with Crippen LogP contribution in [-0.2, 0) is 4.79 Å². The Morgan fingerprint density at radius 2 is 1.86 bits per heavy atom. The number of carbonyl (C=O) groups excluding carboxylic acids is 1. The first-order chi connectivity index (χ1) is 10.6. The topological polar surface area (TPSA) is 61.4 Å². The lowest BCUT2D eigenvalue weighted by atomic mass is 10.1. The number of hydrogen-bond acceptors (Lipinski definition) is 3. The summed E-state index contributed by atoms with van der Waals surface area (Å²) in [6.45, 7) is 2.05. The first-order valence-corrected chi connectivity index (χ1v) is 7.21. The smallest absolute Gasteiger partial charge is 0.267 e. The predicted octanol–water partition coefficient (Wildman–Crippen LogP) is 4.03. The fourth-order valence-electron chi connectivity index (χ4n) is 2.04. The zero-order chi connectivity index (χ0) is 15.9. The third-order valence-electron chi connectivity index (χ3n) is 3.23. The standard InChI is InChI=1S/C17H17ClN2O2/c1-12(13-6-9-15(18)10-7-13)19-16-5-3-2-4-14(16)8-11-17(21)20-22/h2-12,19,22H,1H3,(H,20,21)/b11-8+. The number of nitrogens with one attached hydrogen (secondary N) is 2. The number of carbonyl (C=O) groups is 1. The molecule has 2 rings (SSSR count). The lowest BCUT2D eigenvalue weighted by molar-refractivity contribution is -0.124. The van der Waals surface area contributed by atoms with E-state index in [2.05, 4.69) is 5.32 Å². The molecular weight excluding hydrogens is 300 g/mol. The van der Waals surface area contributed by atoms with Gasteiger partial charge in [0.1, 0.15) is 0 Å². The van der Waals surface area contributed by atoms with Crippen LogP contribution in [0.25, 0.3) is 6.08 Å². The van der Waals surface area contributed by atoms with Crippen LogP contribution in [0, 0.1) is 0 Å². The summed E-state index contributed by atoms with van der Waals surface area (Å²) in [5.74, 6) is -0.569. The van der Waals surface area contributed by atoms with Crippen LogP contribution in [0.1, 0.15) is 24.1 Å². The van der Waals surface area contributed by atoms with E-state index in [1.54, 1.807) is 11.6 Å². The Morgan fingerprint density at radius 1 is 1.18 bits per heavy atom. The van der Waals surface area contributed by atoms with Gasteiger partial charge in [-0.05, 0) is 42.3 Å². The molecule has 0 saturated carbocycles. The molecule has 0 radical (unpaired) electrons. The molecule has 1 atom stereocenters. The van der Waals surface area contributed by atoms with Gasteiger partial charge in [-0.25, -0.2) is 5.48 Å². The maximum Gasteiger partial charge on any atom is 0.267 e. The molecule has 3 N–H and O–H groups in total. The van der Waals surface area contributed by atoms with Crippen LogP contribution in [0.5, 0.6) is 0 Å². The van der Waals surface area contributed by atoms with Crippen molar-refractivity contribution in [2.24, 2.45) is 0 Å². The maximum atomic E-state index is 11.1. The normalized spacial score (nSPS) is 12.1. The van der Waals surface area contributed by atoms with Crippen LogP contribution >= 0.6 is 11.6 Å². The Kier molecular flexibility index (Phi) is 5.58. The minimum atomic E-state index is -0.569. The highest BCUT2D eigenvalue weighted by atomic mass is 35.5. The van der Waals surface area contributed by atoms with Gasteiger partial charge in [0.15, 0.2) is 0 Å². The Bertz CT molecular complexity index is 669. The summed E-state index contributed by atoms with van der Waals surface area (Å²) < 4.78 is 0. The molecule has 2 aromatic carbocycles. The zero-order valence-electron chi connectivity index (χ0n) is 12.1. The van der Waals surface area contributed by atoms with Crippen molar-refractivity contribution < 1.29 is 10.0 Å². The van der Waals surface area contributed by atoms with Gasteiger partial charge >= 0.3 is 0 Å². The number of halogens is 1. The number of anilines is 1. The van der Waals surface area contributed by atoms with Crippen LogP contribution in [-0.4, -0.2) is 11.1 Å². The Labute approximate surface area is 134 Å². The first kappa shape index (κ1) is 16.1. The molecule has 4 nitrogen and oxygen atoms in total. The van der Waals surface area contributed by atoms with Crippen molar-refractivity contribution in [3.63, 3.8) is 0 Å². The molecule has 5 heteroatoms. The Morgan fingerprint density at radius 3 is 2.55 bits per heavy atom. The molecular formula is C17H17ClN2O2. The van der Waals surface area contributed by atoms with Crippen molar-refractivity contribution in [3.05, 3.63) is 70.8 Å². The van der Waals surface area contributed by atoms with E-state index in [4.69, 9.17) is 16.8 Å². The summed E-state index contributed by atoms with van der Waals surface area (Å²) in [6.07, 6.45) is 2.91. The molecule has 0 bridgehead atoms. The summed E-state index contributed by atoms with van der Waals surface area (Å²) in [5.41, 5.74) is 4.42. The van der Waals surface area contributed by atoms with Gasteiger partial charge < -0.3 is 5.32 Å². The van der Waals surface area contributed by atoms with Gasteiger partial charge in [0, 0.05) is 22.8 Å². The van der Waals surface area contributed by atoms with Crippen molar-refractivity contribution in [1.82, 2.24) is 5.48 Å². The van der Waals surface area contributed by atoms with Gasteiger partial charge in [0.05, 0.1) is 0 Å². The van der Waals surface area contributed by atoms with Crippen molar-refractivity contribution >= 4 is 29.3 Å². The van der Waals surface area contributed by atoms with E-state index in [0.717, 1.165) is 16.8 Å². The van der Waals surface area contributed by atoms with Crippen LogP contribution in [0.3, 0.4) is 0 Å². The second-order valence-corrected chi connectivity index (χ2v) is 5.25. The van der Waals surface area contributed by atoms with Crippen LogP contribution < -0.4 is 10.8 Å². The fraction of sp³-hybridized carbons (Fsp3) is 0.118. The average Bonchev–Trinajstić information content (AvgIpc) is 2.54. The lowest BCUT2D eigenvalue weighted by Crippen LogP contribution is -2.14. The Hall–Kier alpha value is -2.30. The van der Waals surface area contributed by atoms with E-state index in [1.165, 1.54) is 6.08 Å². The van der Waals surface area contributed by atoms with Gasteiger partial charge in [0.25, 0.3) is 5.91 Å². The van der Waals surface area contributed by atoms with Crippen molar-refractivity contribution in [1.29, 1.82) is 0 Å². The second kappa shape index (κ2) is 7.64. The average molecular weight is 317 g/mol. The fourth-order valence-corrected chi connectivity index (χ4v) is 2.17. The number of para-hydroxylation sites is 1. The highest BCUT2D eigenvalue weighted by Crippen LogP contribution is 2.24. The van der Waals surface area contributed by atoms with Crippen molar-refractivity contribution in [2.45, 2.75) is 13.0 Å². The molecule has 22 heavy (non-hydrogen) atoms. The number of rotatable bonds is 5. The molecule has 0 heterocycles. The molecule has 0 aliphatic rings. The SMILES string of the molecule is CC(Nc1ccccc1/C=C/C(=O)NO)c1ccc(Cl)cc1. The third kappa shape index (κ3) is 4.35. The quantitative estimate of drug-likeness (QED) is 0.443. The van der Waals surface area contributed by atoms with E-state index in [1.807, 2.05) is 55.5 Å². The largest absolute Gasteiger partial charge is 0.378 e. The predicted molar refractivity (Wildman–Crippen MR) is 88.9 cm³/mol. The highest BCUT2D eigenvalue weighted by molar-refractivity contribution is 6.30. The third-order valence-corrected chi connectivity index (χ3v) is 3.48. The molecule has 1 unspecified atom stereocenters. The molecule has 1 amide bonds. The zero-order valence-corrected chi connectivity index (χ0v) is 12.8. The lowest BCUT2D eigenvalue weighted by Gasteiger charge is -2.17. The van der Waals surface area contributed by atoms with E-state index >= 15 is 0 Å². The Balaban J connectivity index is 2.17. The van der Waals surface area contributed by atoms with Crippen LogP contribution in [0.4, 0.5) is 5.69 Å². The van der Waals surface area contributed by atoms with Crippen molar-refractivity contribution in [2.75, 3.05) is 5.32 Å². The van der Waals surface area contributed by atoms with E-state index < -0.39 is 5.91 Å². The number of amides is 1. The van der Waals surface area contributed by atoms with Crippen LogP contribution in [0.2, 0.25) is 5.02 Å². The van der Waals surface area contributed by atoms with Gasteiger partial charge in [-0.3, -0.25) is 10.0 Å². The second-order valence-electron chi connectivity index (χ2n) is 4.81. The highest BCUT2D eigenvalue weighted by Gasteiger charge is 2.07. The molecule has 0 aliphatic carbocycles. The van der Waals surface area contributed by atoms with Gasteiger partial charge in [-0.15, -0.1) is 0 Å². The van der Waals surface area contributed by atoms with Gasteiger partial charge in [-0.2, -0.15) is 0 Å². The minimum Gasteiger partial charge on any atom is -0.378 e. The van der Waals surface area contributed by atoms with Gasteiger partial charge in [0.2, 0.25) is 0 Å². The monoisotopic (exact) mass is 316 g/mol. The summed E-state index contributed by atoms with van der Waals surface area (Å²) in [4.78, 5) is 11.1. The summed E-state index contributed by atoms with van der Waals surface area (Å²) >= 11 is 5.90. The number of hydroxylamine groups is 1. The van der Waals surface area contributed by atoms with E-state index in [-0.39, 0.29) is 6.04 Å². The molecule has 0 spiro atoms. The summed E-state index contributed by atoms with van der Waals surface area (Å²) in [6, 6.07) is 15.4. The number of benzene rings is 2. The molecule has 0 aliphatic heterocycles. The summed E-state index contributed by atoms with van der Waals surface area (Å²) in [7, 11) is 0. The summed E-state index contributed by atoms with van der Waals surface area (Å²) in [5, 5.41) is 12.6. The van der Waals surface area contributed by atoms with E-state index in [9.17, 15) is 4.79 Å². The number of hydrogen-bond donors (Lipinski definition) is 3. The molecule has 114 valence electrons. The molecule has 0 saturated heterocycles. The first-order valence-electron chi connectivity index (χ1n) is 6.83. The molecule has 0 aromatic heterocycles. The minimum absolute atomic E-state index is 0.0819. The van der Waals surface area contributed by atoms with Gasteiger partial charge in [-0.1, -0.05) is 41.9 Å². The van der Waals surface area contributed by atoms with Crippen LogP contribution in [0.15, 0.2) is 54.6 Å².